The van der Waals surface area contributed by atoms with E-state index in [0.29, 0.717) is 16.6 Å². The highest BCUT2D eigenvalue weighted by Crippen LogP contribution is 2.44. The summed E-state index contributed by atoms with van der Waals surface area (Å²) in [5.41, 5.74) is 2.12. The number of hydrogen-bond acceptors (Lipinski definition) is 5. The van der Waals surface area contributed by atoms with E-state index in [0.717, 1.165) is 45.2 Å². The summed E-state index contributed by atoms with van der Waals surface area (Å²) in [5, 5.41) is 3.85. The van der Waals surface area contributed by atoms with Crippen molar-refractivity contribution in [3.8, 4) is 0 Å². The summed E-state index contributed by atoms with van der Waals surface area (Å²) in [4.78, 5) is 13.2. The van der Waals surface area contributed by atoms with Crippen LogP contribution in [0.5, 0.6) is 0 Å². The van der Waals surface area contributed by atoms with Crippen molar-refractivity contribution in [1.29, 1.82) is 0 Å². The Bertz CT molecular complexity index is 1130. The number of fused-ring (bicyclic) bond motifs is 2. The summed E-state index contributed by atoms with van der Waals surface area (Å²) < 4.78 is 45.1. The standard InChI is InChI=1S/C22H22F3N5O/c23-22(24,25)17-7-15-19(28-17)26-12-27-20(15)29-18-14-4-2-1-3-13(14)5-6-16(18)30-8-21(9-30)10-31-11-21/h1-4,7,12,16,18H,5-6,8-11H2,(H2,26,27,28,29)/t16-,18-/m0/s1. The first kappa shape index (κ1) is 19.1. The number of hydrogen-bond donors (Lipinski definition) is 2. The second-order valence-electron chi connectivity index (χ2n) is 8.99. The molecule has 2 aliphatic heterocycles. The number of alkyl halides is 3. The number of benzene rings is 1. The first-order valence-corrected chi connectivity index (χ1v) is 10.5. The zero-order valence-corrected chi connectivity index (χ0v) is 16.7. The van der Waals surface area contributed by atoms with Crippen LogP contribution in [0.2, 0.25) is 0 Å². The van der Waals surface area contributed by atoms with E-state index in [9.17, 15) is 13.2 Å². The van der Waals surface area contributed by atoms with Crippen LogP contribution in [0.4, 0.5) is 19.0 Å². The van der Waals surface area contributed by atoms with Crippen molar-refractivity contribution < 1.29 is 17.9 Å². The van der Waals surface area contributed by atoms with Gasteiger partial charge in [0.05, 0.1) is 24.6 Å². The number of halogens is 3. The lowest BCUT2D eigenvalue weighted by atomic mass is 9.74. The molecular weight excluding hydrogens is 407 g/mol. The average Bonchev–Trinajstić information content (AvgIpc) is 3.13. The van der Waals surface area contributed by atoms with Gasteiger partial charge in [-0.25, -0.2) is 9.97 Å². The predicted molar refractivity (Wildman–Crippen MR) is 109 cm³/mol. The second-order valence-corrected chi connectivity index (χ2v) is 8.99. The molecular formula is C22H22F3N5O. The topological polar surface area (TPSA) is 66.1 Å². The molecule has 6 rings (SSSR count). The molecule has 2 saturated heterocycles. The number of nitrogens with zero attached hydrogens (tertiary/aromatic N) is 3. The Kier molecular flexibility index (Phi) is 4.10. The zero-order chi connectivity index (χ0) is 21.2. The van der Waals surface area contributed by atoms with E-state index >= 15 is 0 Å². The van der Waals surface area contributed by atoms with Crippen LogP contribution in [0, 0.1) is 5.41 Å². The highest BCUT2D eigenvalue weighted by molar-refractivity contribution is 5.88. The van der Waals surface area contributed by atoms with E-state index in [1.54, 1.807) is 0 Å². The fraction of sp³-hybridized carbons (Fsp3) is 0.455. The summed E-state index contributed by atoms with van der Waals surface area (Å²) in [5.74, 6) is 0.422. The molecule has 9 heteroatoms. The Morgan fingerprint density at radius 3 is 2.71 bits per heavy atom. The van der Waals surface area contributed by atoms with Crippen molar-refractivity contribution in [2.75, 3.05) is 31.6 Å². The van der Waals surface area contributed by atoms with Crippen molar-refractivity contribution in [2.45, 2.75) is 31.1 Å². The van der Waals surface area contributed by atoms with E-state index in [1.807, 2.05) is 12.1 Å². The lowest BCUT2D eigenvalue weighted by molar-refractivity contribution is -0.200. The summed E-state index contributed by atoms with van der Waals surface area (Å²) in [7, 11) is 0. The van der Waals surface area contributed by atoms with E-state index in [2.05, 4.69) is 37.3 Å². The zero-order valence-electron chi connectivity index (χ0n) is 16.7. The Labute approximate surface area is 176 Å². The number of nitrogens with one attached hydrogen (secondary N) is 2. The number of H-pyrrole nitrogens is 1. The second kappa shape index (κ2) is 6.67. The van der Waals surface area contributed by atoms with Gasteiger partial charge in [0.1, 0.15) is 23.5 Å². The molecule has 3 aromatic rings. The molecule has 1 aliphatic carbocycles. The van der Waals surface area contributed by atoms with Crippen LogP contribution in [-0.2, 0) is 17.3 Å². The molecule has 31 heavy (non-hydrogen) atoms. The number of aromatic amines is 1. The summed E-state index contributed by atoms with van der Waals surface area (Å²) in [6.07, 6.45) is -1.19. The van der Waals surface area contributed by atoms with Crippen LogP contribution in [0.25, 0.3) is 11.0 Å². The Morgan fingerprint density at radius 1 is 1.16 bits per heavy atom. The quantitative estimate of drug-likeness (QED) is 0.664. The average molecular weight is 429 g/mol. The largest absolute Gasteiger partial charge is 0.431 e. The first-order valence-electron chi connectivity index (χ1n) is 10.5. The highest BCUT2D eigenvalue weighted by atomic mass is 19.4. The summed E-state index contributed by atoms with van der Waals surface area (Å²) in [6.45, 7) is 3.64. The molecule has 2 fully saturated rings. The van der Waals surface area contributed by atoms with Crippen molar-refractivity contribution in [2.24, 2.45) is 5.41 Å². The summed E-state index contributed by atoms with van der Waals surface area (Å²) >= 11 is 0. The molecule has 0 amide bonds. The molecule has 2 atom stereocenters. The van der Waals surface area contributed by atoms with Crippen LogP contribution in [0.3, 0.4) is 0 Å². The van der Waals surface area contributed by atoms with Gasteiger partial charge in [-0.2, -0.15) is 13.2 Å². The van der Waals surface area contributed by atoms with Gasteiger partial charge in [0.2, 0.25) is 0 Å². The maximum absolute atomic E-state index is 13.2. The van der Waals surface area contributed by atoms with Gasteiger partial charge in [-0.1, -0.05) is 24.3 Å². The minimum atomic E-state index is -4.46. The maximum atomic E-state index is 13.2. The van der Waals surface area contributed by atoms with Gasteiger partial charge >= 0.3 is 6.18 Å². The third-order valence-electron chi connectivity index (χ3n) is 6.87. The molecule has 162 valence electrons. The fourth-order valence-corrected chi connectivity index (χ4v) is 5.29. The molecule has 3 aliphatic rings. The van der Waals surface area contributed by atoms with Crippen molar-refractivity contribution in [3.63, 3.8) is 0 Å². The smallest absolute Gasteiger partial charge is 0.380 e. The van der Waals surface area contributed by atoms with Crippen LogP contribution < -0.4 is 5.32 Å². The van der Waals surface area contributed by atoms with Crippen LogP contribution in [-0.4, -0.2) is 52.2 Å². The lowest BCUT2D eigenvalue weighted by Crippen LogP contribution is -2.69. The Balaban J connectivity index is 1.36. The number of likely N-dealkylation sites (tertiary alicyclic amines) is 1. The third kappa shape index (κ3) is 3.10. The number of aryl methyl sites for hydroxylation is 1. The Hall–Kier alpha value is -2.65. The van der Waals surface area contributed by atoms with E-state index in [-0.39, 0.29) is 17.7 Å². The van der Waals surface area contributed by atoms with E-state index in [4.69, 9.17) is 4.74 Å². The van der Waals surface area contributed by atoms with Crippen LogP contribution in [0.1, 0.15) is 29.3 Å². The molecule has 4 heterocycles. The van der Waals surface area contributed by atoms with Crippen molar-refractivity contribution in [3.05, 3.63) is 53.5 Å². The summed E-state index contributed by atoms with van der Waals surface area (Å²) in [6, 6.07) is 9.55. The van der Waals surface area contributed by atoms with Gasteiger partial charge in [-0.3, -0.25) is 4.90 Å². The van der Waals surface area contributed by atoms with Gasteiger partial charge in [-0.15, -0.1) is 0 Å². The SMILES string of the molecule is FC(F)(F)c1cc2c(N[C@H]3c4ccccc4CC[C@@H]3N3CC4(COC4)C3)ncnc2[nH]1. The highest BCUT2D eigenvalue weighted by Gasteiger charge is 2.52. The molecule has 0 bridgehead atoms. The monoisotopic (exact) mass is 429 g/mol. The van der Waals surface area contributed by atoms with E-state index < -0.39 is 11.9 Å². The van der Waals surface area contributed by atoms with Crippen LogP contribution >= 0.6 is 0 Å². The van der Waals surface area contributed by atoms with Crippen LogP contribution in [0.15, 0.2) is 36.7 Å². The van der Waals surface area contributed by atoms with Crippen molar-refractivity contribution in [1.82, 2.24) is 19.9 Å². The van der Waals surface area contributed by atoms with Gasteiger partial charge in [-0.05, 0) is 30.0 Å². The molecule has 0 radical (unpaired) electrons. The molecule has 6 nitrogen and oxygen atoms in total. The van der Waals surface area contributed by atoms with E-state index in [1.165, 1.54) is 17.5 Å². The normalized spacial score (nSPS) is 25.1. The number of rotatable bonds is 3. The molecule has 1 aromatic carbocycles. The molecule has 0 saturated carbocycles. The number of ether oxygens (including phenoxy) is 1. The molecule has 0 unspecified atom stereocenters. The predicted octanol–water partition coefficient (Wildman–Crippen LogP) is 3.78. The molecule has 2 N–H and O–H groups in total. The lowest BCUT2D eigenvalue weighted by Gasteiger charge is -2.59. The minimum absolute atomic E-state index is 0.0642. The van der Waals surface area contributed by atoms with Crippen molar-refractivity contribution >= 4 is 16.9 Å². The van der Waals surface area contributed by atoms with Gasteiger partial charge < -0.3 is 15.0 Å². The number of anilines is 1. The van der Waals surface area contributed by atoms with Gasteiger partial charge in [0.15, 0.2) is 0 Å². The third-order valence-corrected chi connectivity index (χ3v) is 6.87. The molecule has 1 spiro atoms. The van der Waals surface area contributed by atoms with Gasteiger partial charge in [0.25, 0.3) is 0 Å². The van der Waals surface area contributed by atoms with Gasteiger partial charge in [0, 0.05) is 24.5 Å². The minimum Gasteiger partial charge on any atom is -0.380 e. The Morgan fingerprint density at radius 2 is 1.97 bits per heavy atom. The maximum Gasteiger partial charge on any atom is 0.431 e. The first-order chi connectivity index (χ1) is 14.9. The fourth-order valence-electron chi connectivity index (χ4n) is 5.29. The molecule has 2 aromatic heterocycles. The number of aromatic nitrogens is 3.